The molecule has 0 aliphatic heterocycles. The molecule has 0 aliphatic carbocycles. The third kappa shape index (κ3) is 3.56. The quantitative estimate of drug-likeness (QED) is 0.658. The summed E-state index contributed by atoms with van der Waals surface area (Å²) in [4.78, 5) is 11.1. The minimum Gasteiger partial charge on any atom is -0.537 e. The lowest BCUT2D eigenvalue weighted by Crippen LogP contribution is -2.06. The Bertz CT molecular complexity index is 356. The third-order valence-electron chi connectivity index (χ3n) is 1.77. The van der Waals surface area contributed by atoms with Crippen molar-refractivity contribution in [2.24, 2.45) is 0 Å². The standard InChI is InChI=1S/C9H9BBrO4/c1-14-9(12)5-6-4-7(15-10-13)2-3-8(6)11/h2-4,13H,5H2,1H3. The van der Waals surface area contributed by atoms with Gasteiger partial charge in [0, 0.05) is 4.47 Å². The predicted octanol–water partition coefficient (Wildman–Crippen LogP) is 1.07. The van der Waals surface area contributed by atoms with Gasteiger partial charge in [0.2, 0.25) is 0 Å². The van der Waals surface area contributed by atoms with E-state index in [1.54, 1.807) is 18.2 Å². The Morgan fingerprint density at radius 1 is 1.60 bits per heavy atom. The average Bonchev–Trinajstić information content (AvgIpc) is 2.23. The van der Waals surface area contributed by atoms with E-state index in [1.807, 2.05) is 0 Å². The molecule has 0 fully saturated rings. The molecular formula is C9H9BBrO4. The predicted molar refractivity (Wildman–Crippen MR) is 58.5 cm³/mol. The molecule has 1 aromatic carbocycles. The van der Waals surface area contributed by atoms with Gasteiger partial charge in [0.05, 0.1) is 13.5 Å². The largest absolute Gasteiger partial charge is 0.569 e. The van der Waals surface area contributed by atoms with Crippen LogP contribution in [-0.2, 0) is 16.0 Å². The first-order chi connectivity index (χ1) is 7.17. The molecule has 1 radical (unpaired) electrons. The first-order valence-corrected chi connectivity index (χ1v) is 4.94. The van der Waals surface area contributed by atoms with E-state index in [0.717, 1.165) is 10.0 Å². The average molecular weight is 272 g/mol. The molecule has 0 saturated carbocycles. The van der Waals surface area contributed by atoms with E-state index in [0.29, 0.717) is 13.4 Å². The molecule has 6 heteroatoms. The maximum atomic E-state index is 11.1. The maximum absolute atomic E-state index is 11.1. The Kier molecular flexibility index (Phi) is 4.64. The normalized spacial score (nSPS) is 9.53. The van der Waals surface area contributed by atoms with Crippen LogP contribution in [0.2, 0.25) is 0 Å². The molecular weight excluding hydrogens is 263 g/mol. The van der Waals surface area contributed by atoms with Crippen molar-refractivity contribution in [1.29, 1.82) is 0 Å². The van der Waals surface area contributed by atoms with Gasteiger partial charge in [-0.1, -0.05) is 15.9 Å². The topological polar surface area (TPSA) is 55.8 Å². The molecule has 0 heterocycles. The number of esters is 1. The van der Waals surface area contributed by atoms with Crippen LogP contribution in [0.1, 0.15) is 5.56 Å². The van der Waals surface area contributed by atoms with Crippen molar-refractivity contribution < 1.29 is 19.2 Å². The lowest BCUT2D eigenvalue weighted by atomic mass is 10.1. The summed E-state index contributed by atoms with van der Waals surface area (Å²) in [6, 6.07) is 5.04. The van der Waals surface area contributed by atoms with E-state index < -0.39 is 0 Å². The van der Waals surface area contributed by atoms with Crippen LogP contribution in [0.15, 0.2) is 22.7 Å². The number of ether oxygens (including phenoxy) is 1. The van der Waals surface area contributed by atoms with Gasteiger partial charge >= 0.3 is 13.7 Å². The van der Waals surface area contributed by atoms with Crippen LogP contribution in [0.3, 0.4) is 0 Å². The molecule has 1 N–H and O–H groups in total. The smallest absolute Gasteiger partial charge is 0.537 e. The van der Waals surface area contributed by atoms with E-state index in [2.05, 4.69) is 20.7 Å². The van der Waals surface area contributed by atoms with Crippen LogP contribution in [0.4, 0.5) is 0 Å². The van der Waals surface area contributed by atoms with Gasteiger partial charge in [-0.05, 0) is 23.8 Å². The minimum atomic E-state index is -0.333. The molecule has 0 bridgehead atoms. The molecule has 0 unspecified atom stereocenters. The molecule has 0 amide bonds. The Morgan fingerprint density at radius 3 is 2.93 bits per heavy atom. The van der Waals surface area contributed by atoms with Crippen LogP contribution in [-0.4, -0.2) is 25.8 Å². The van der Waals surface area contributed by atoms with Crippen molar-refractivity contribution in [1.82, 2.24) is 0 Å². The second kappa shape index (κ2) is 5.77. The highest BCUT2D eigenvalue weighted by Crippen LogP contribution is 2.23. The number of hydrogen-bond donors (Lipinski definition) is 1. The van der Waals surface area contributed by atoms with E-state index >= 15 is 0 Å². The van der Waals surface area contributed by atoms with Crippen molar-refractivity contribution in [3.05, 3.63) is 28.2 Å². The summed E-state index contributed by atoms with van der Waals surface area (Å²) >= 11 is 3.30. The zero-order valence-corrected chi connectivity index (χ0v) is 9.65. The van der Waals surface area contributed by atoms with Crippen LogP contribution >= 0.6 is 15.9 Å². The Labute approximate surface area is 96.6 Å². The maximum Gasteiger partial charge on any atom is 0.569 e. The molecule has 4 nitrogen and oxygen atoms in total. The summed E-state index contributed by atoms with van der Waals surface area (Å²) in [6.45, 7) is 0. The van der Waals surface area contributed by atoms with Crippen molar-refractivity contribution >= 4 is 29.6 Å². The van der Waals surface area contributed by atoms with Gasteiger partial charge in [-0.25, -0.2) is 0 Å². The third-order valence-corrected chi connectivity index (χ3v) is 2.54. The second-order valence-corrected chi connectivity index (χ2v) is 3.58. The highest BCUT2D eigenvalue weighted by Gasteiger charge is 2.08. The Morgan fingerprint density at radius 2 is 2.33 bits per heavy atom. The van der Waals surface area contributed by atoms with Crippen molar-refractivity contribution in [3.63, 3.8) is 0 Å². The second-order valence-electron chi connectivity index (χ2n) is 2.73. The number of hydrogen-bond acceptors (Lipinski definition) is 4. The molecule has 0 atom stereocenters. The number of carbonyl (C=O) groups excluding carboxylic acids is 1. The SMILES string of the molecule is COC(=O)Cc1cc(O[B]O)ccc1Br. The number of benzene rings is 1. The number of methoxy groups -OCH3 is 1. The summed E-state index contributed by atoms with van der Waals surface area (Å²) in [7, 11) is 1.92. The summed E-state index contributed by atoms with van der Waals surface area (Å²) in [5, 5.41) is 8.46. The summed E-state index contributed by atoms with van der Waals surface area (Å²) in [6.07, 6.45) is 0.152. The monoisotopic (exact) mass is 271 g/mol. The molecule has 0 aromatic heterocycles. The van der Waals surface area contributed by atoms with E-state index in [9.17, 15) is 4.79 Å². The fourth-order valence-corrected chi connectivity index (χ4v) is 1.44. The molecule has 79 valence electrons. The van der Waals surface area contributed by atoms with Crippen molar-refractivity contribution in [3.8, 4) is 5.75 Å². The lowest BCUT2D eigenvalue weighted by Gasteiger charge is -2.06. The lowest BCUT2D eigenvalue weighted by molar-refractivity contribution is -0.139. The van der Waals surface area contributed by atoms with Gasteiger partial charge in [-0.15, -0.1) is 0 Å². The molecule has 1 aromatic rings. The first kappa shape index (κ1) is 12.1. The van der Waals surface area contributed by atoms with Gasteiger partial charge in [0.25, 0.3) is 0 Å². The van der Waals surface area contributed by atoms with Crippen LogP contribution in [0.5, 0.6) is 5.75 Å². The van der Waals surface area contributed by atoms with Gasteiger partial charge in [-0.2, -0.15) is 0 Å². The summed E-state index contributed by atoms with van der Waals surface area (Å²) in [5.74, 6) is 0.125. The first-order valence-electron chi connectivity index (χ1n) is 4.15. The molecule has 15 heavy (non-hydrogen) atoms. The van der Waals surface area contributed by atoms with Gasteiger partial charge in [0.1, 0.15) is 5.75 Å². The highest BCUT2D eigenvalue weighted by molar-refractivity contribution is 9.10. The van der Waals surface area contributed by atoms with E-state index in [-0.39, 0.29) is 12.4 Å². The van der Waals surface area contributed by atoms with Gasteiger partial charge in [-0.3, -0.25) is 4.79 Å². The zero-order chi connectivity index (χ0) is 11.3. The highest BCUT2D eigenvalue weighted by atomic mass is 79.9. The number of carbonyl (C=O) groups is 1. The Balaban J connectivity index is 2.85. The van der Waals surface area contributed by atoms with Crippen molar-refractivity contribution in [2.75, 3.05) is 7.11 Å². The molecule has 0 spiro atoms. The minimum absolute atomic E-state index is 0.152. The fourth-order valence-electron chi connectivity index (χ4n) is 1.05. The number of halogens is 1. The Hall–Kier alpha value is -1.01. The summed E-state index contributed by atoms with van der Waals surface area (Å²) < 4.78 is 10.1. The van der Waals surface area contributed by atoms with Crippen LogP contribution < -0.4 is 4.65 Å². The van der Waals surface area contributed by atoms with Crippen LogP contribution in [0.25, 0.3) is 0 Å². The van der Waals surface area contributed by atoms with Crippen molar-refractivity contribution in [2.45, 2.75) is 6.42 Å². The van der Waals surface area contributed by atoms with Gasteiger partial charge < -0.3 is 14.4 Å². The van der Waals surface area contributed by atoms with E-state index in [1.165, 1.54) is 7.11 Å². The molecule has 1 rings (SSSR count). The fraction of sp³-hybridized carbons (Fsp3) is 0.222. The zero-order valence-electron chi connectivity index (χ0n) is 8.07. The molecule has 0 saturated heterocycles. The summed E-state index contributed by atoms with van der Waals surface area (Å²) in [5.41, 5.74) is 0.737. The van der Waals surface area contributed by atoms with E-state index in [4.69, 9.17) is 9.68 Å². The van der Waals surface area contributed by atoms with Crippen LogP contribution in [0, 0.1) is 0 Å². The molecule has 0 aliphatic rings. The van der Waals surface area contributed by atoms with Gasteiger partial charge in [0.15, 0.2) is 0 Å². The number of rotatable bonds is 4.